The summed E-state index contributed by atoms with van der Waals surface area (Å²) in [7, 11) is -3.67. The lowest BCUT2D eigenvalue weighted by Gasteiger charge is -2.25. The Morgan fingerprint density at radius 2 is 1.94 bits per heavy atom. The molecule has 18 heavy (non-hydrogen) atoms. The van der Waals surface area contributed by atoms with Crippen molar-refractivity contribution in [1.82, 2.24) is 9.29 Å². The van der Waals surface area contributed by atoms with Crippen LogP contribution in [0.1, 0.15) is 20.3 Å². The van der Waals surface area contributed by atoms with Crippen molar-refractivity contribution in [3.63, 3.8) is 0 Å². The lowest BCUT2D eigenvalue weighted by Crippen LogP contribution is -2.38. The Bertz CT molecular complexity index is 499. The van der Waals surface area contributed by atoms with E-state index >= 15 is 0 Å². The van der Waals surface area contributed by atoms with Gasteiger partial charge in [0.1, 0.15) is 0 Å². The van der Waals surface area contributed by atoms with E-state index in [9.17, 15) is 13.2 Å². The molecule has 6 nitrogen and oxygen atoms in total. The summed E-state index contributed by atoms with van der Waals surface area (Å²) >= 11 is 0. The summed E-state index contributed by atoms with van der Waals surface area (Å²) in [6.45, 7) is 3.37. The number of rotatable bonds is 6. The van der Waals surface area contributed by atoms with Gasteiger partial charge in [-0.1, -0.05) is 0 Å². The Labute approximate surface area is 106 Å². The Morgan fingerprint density at radius 3 is 2.39 bits per heavy atom. The molecule has 0 amide bonds. The molecule has 0 unspecified atom stereocenters. The summed E-state index contributed by atoms with van der Waals surface area (Å²) in [6, 6.07) is 2.49. The van der Waals surface area contributed by atoms with E-state index in [0.29, 0.717) is 0 Å². The van der Waals surface area contributed by atoms with Crippen LogP contribution in [-0.4, -0.2) is 41.4 Å². The van der Waals surface area contributed by atoms with E-state index in [4.69, 9.17) is 5.11 Å². The standard InChI is InChI=1S/C11H16N2O4S/c1-9(2)13(8-5-11(14)15)18(16,17)10-3-6-12-7-4-10/h3-4,6-7,9H,5,8H2,1-2H3,(H,14,15). The van der Waals surface area contributed by atoms with Crippen LogP contribution in [-0.2, 0) is 14.8 Å². The van der Waals surface area contributed by atoms with Crippen LogP contribution in [0.4, 0.5) is 0 Å². The smallest absolute Gasteiger partial charge is 0.304 e. The first kappa shape index (κ1) is 14.6. The van der Waals surface area contributed by atoms with Crippen LogP contribution in [0, 0.1) is 0 Å². The summed E-state index contributed by atoms with van der Waals surface area (Å²) in [5.41, 5.74) is 0. The fourth-order valence-electron chi connectivity index (χ4n) is 1.51. The minimum absolute atomic E-state index is 0.0440. The zero-order valence-electron chi connectivity index (χ0n) is 10.3. The first-order valence-electron chi connectivity index (χ1n) is 5.49. The molecule has 0 bridgehead atoms. The van der Waals surface area contributed by atoms with E-state index in [1.165, 1.54) is 28.8 Å². The van der Waals surface area contributed by atoms with Gasteiger partial charge in [0, 0.05) is 25.0 Å². The van der Waals surface area contributed by atoms with Gasteiger partial charge in [0.2, 0.25) is 10.0 Å². The van der Waals surface area contributed by atoms with E-state index in [0.717, 1.165) is 0 Å². The molecule has 0 aliphatic carbocycles. The van der Waals surface area contributed by atoms with Crippen molar-refractivity contribution < 1.29 is 18.3 Å². The van der Waals surface area contributed by atoms with Crippen molar-refractivity contribution in [2.45, 2.75) is 31.2 Å². The maximum absolute atomic E-state index is 12.3. The molecule has 0 fully saturated rings. The molecule has 1 aromatic heterocycles. The van der Waals surface area contributed by atoms with Gasteiger partial charge in [0.05, 0.1) is 11.3 Å². The van der Waals surface area contributed by atoms with Crippen LogP contribution in [0.25, 0.3) is 0 Å². The van der Waals surface area contributed by atoms with Gasteiger partial charge < -0.3 is 5.11 Å². The summed E-state index contributed by atoms with van der Waals surface area (Å²) < 4.78 is 25.8. The van der Waals surface area contributed by atoms with Gasteiger partial charge in [0.25, 0.3) is 0 Å². The molecule has 0 radical (unpaired) electrons. The number of pyridine rings is 1. The predicted octanol–water partition coefficient (Wildman–Crippen LogP) is 0.955. The summed E-state index contributed by atoms with van der Waals surface area (Å²) in [6.07, 6.45) is 2.56. The monoisotopic (exact) mass is 272 g/mol. The molecule has 0 atom stereocenters. The number of hydrogen-bond donors (Lipinski definition) is 1. The number of sulfonamides is 1. The second-order valence-electron chi connectivity index (χ2n) is 4.04. The normalized spacial score (nSPS) is 12.0. The second kappa shape index (κ2) is 5.92. The summed E-state index contributed by atoms with van der Waals surface area (Å²) in [5.74, 6) is -1.02. The number of hydrogen-bond acceptors (Lipinski definition) is 4. The maximum atomic E-state index is 12.3. The average molecular weight is 272 g/mol. The maximum Gasteiger partial charge on any atom is 0.304 e. The number of carboxylic acids is 1. The van der Waals surface area contributed by atoms with Crippen LogP contribution < -0.4 is 0 Å². The van der Waals surface area contributed by atoms with Gasteiger partial charge in [-0.2, -0.15) is 4.31 Å². The molecular weight excluding hydrogens is 256 g/mol. The van der Waals surface area contributed by atoms with Crippen molar-refractivity contribution in [3.05, 3.63) is 24.5 Å². The third-order valence-corrected chi connectivity index (χ3v) is 4.47. The van der Waals surface area contributed by atoms with Crippen LogP contribution in [0.3, 0.4) is 0 Å². The number of aromatic nitrogens is 1. The minimum atomic E-state index is -3.67. The van der Waals surface area contributed by atoms with E-state index in [-0.39, 0.29) is 23.9 Å². The second-order valence-corrected chi connectivity index (χ2v) is 5.93. The summed E-state index contributed by atoms with van der Waals surface area (Å²) in [4.78, 5) is 14.4. The van der Waals surface area contributed by atoms with Crippen molar-refractivity contribution in [3.8, 4) is 0 Å². The zero-order chi connectivity index (χ0) is 13.8. The first-order valence-corrected chi connectivity index (χ1v) is 6.93. The van der Waals surface area contributed by atoms with Crippen molar-refractivity contribution in [2.75, 3.05) is 6.54 Å². The molecule has 0 spiro atoms. The number of nitrogens with zero attached hydrogens (tertiary/aromatic N) is 2. The number of carbonyl (C=O) groups is 1. The van der Waals surface area contributed by atoms with E-state index in [1.807, 2.05) is 0 Å². The van der Waals surface area contributed by atoms with E-state index < -0.39 is 16.0 Å². The molecule has 1 heterocycles. The zero-order valence-corrected chi connectivity index (χ0v) is 11.1. The molecule has 1 aromatic rings. The van der Waals surface area contributed by atoms with E-state index in [1.54, 1.807) is 13.8 Å². The van der Waals surface area contributed by atoms with Crippen LogP contribution in [0.2, 0.25) is 0 Å². The number of aliphatic carboxylic acids is 1. The SMILES string of the molecule is CC(C)N(CCC(=O)O)S(=O)(=O)c1ccncc1. The molecule has 100 valence electrons. The Balaban J connectivity index is 3.02. The van der Waals surface area contributed by atoms with Crippen LogP contribution in [0.5, 0.6) is 0 Å². The molecule has 0 aromatic carbocycles. The lowest BCUT2D eigenvalue weighted by atomic mass is 10.3. The molecule has 1 rings (SSSR count). The Hall–Kier alpha value is -1.47. The fourth-order valence-corrected chi connectivity index (χ4v) is 3.13. The molecule has 7 heteroatoms. The third kappa shape index (κ3) is 3.51. The van der Waals surface area contributed by atoms with Crippen molar-refractivity contribution in [2.24, 2.45) is 0 Å². The van der Waals surface area contributed by atoms with Gasteiger partial charge in [-0.05, 0) is 26.0 Å². The molecule has 0 saturated heterocycles. The van der Waals surface area contributed by atoms with Gasteiger partial charge in [-0.25, -0.2) is 8.42 Å². The molecule has 0 aliphatic heterocycles. The highest BCUT2D eigenvalue weighted by Gasteiger charge is 2.27. The minimum Gasteiger partial charge on any atom is -0.481 e. The first-order chi connectivity index (χ1) is 8.35. The molecule has 0 saturated carbocycles. The van der Waals surface area contributed by atoms with E-state index in [2.05, 4.69) is 4.98 Å². The van der Waals surface area contributed by atoms with Gasteiger partial charge in [0.15, 0.2) is 0 Å². The van der Waals surface area contributed by atoms with Crippen molar-refractivity contribution >= 4 is 16.0 Å². The Kier molecular flexibility index (Phi) is 4.80. The number of carboxylic acid groups (broad SMARTS) is 1. The predicted molar refractivity (Wildman–Crippen MR) is 65.5 cm³/mol. The van der Waals surface area contributed by atoms with Gasteiger partial charge in [-0.15, -0.1) is 0 Å². The topological polar surface area (TPSA) is 87.6 Å². The van der Waals surface area contributed by atoms with Gasteiger partial charge in [-0.3, -0.25) is 9.78 Å². The largest absolute Gasteiger partial charge is 0.481 e. The fraction of sp³-hybridized carbons (Fsp3) is 0.455. The quantitative estimate of drug-likeness (QED) is 0.833. The highest BCUT2D eigenvalue weighted by Crippen LogP contribution is 2.17. The highest BCUT2D eigenvalue weighted by molar-refractivity contribution is 7.89. The van der Waals surface area contributed by atoms with Gasteiger partial charge >= 0.3 is 5.97 Å². The average Bonchev–Trinajstić information content (AvgIpc) is 2.29. The van der Waals surface area contributed by atoms with Crippen LogP contribution in [0.15, 0.2) is 29.4 Å². The molecule has 1 N–H and O–H groups in total. The molecule has 0 aliphatic rings. The molecular formula is C11H16N2O4S. The van der Waals surface area contributed by atoms with Crippen LogP contribution >= 0.6 is 0 Å². The summed E-state index contributed by atoms with van der Waals surface area (Å²) in [5, 5.41) is 8.65. The lowest BCUT2D eigenvalue weighted by molar-refractivity contribution is -0.137. The Morgan fingerprint density at radius 1 is 1.39 bits per heavy atom. The van der Waals surface area contributed by atoms with Crippen molar-refractivity contribution in [1.29, 1.82) is 0 Å². The third-order valence-electron chi connectivity index (χ3n) is 2.38. The highest BCUT2D eigenvalue weighted by atomic mass is 32.2.